The summed E-state index contributed by atoms with van der Waals surface area (Å²) in [6.45, 7) is 2.41. The fourth-order valence-corrected chi connectivity index (χ4v) is 12.0. The highest BCUT2D eigenvalue weighted by Gasteiger charge is 2.44. The van der Waals surface area contributed by atoms with E-state index in [1.54, 1.807) is 0 Å². The van der Waals surface area contributed by atoms with E-state index in [4.69, 9.17) is 22.8 Å². The zero-order valence-corrected chi connectivity index (χ0v) is 47.1. The van der Waals surface area contributed by atoms with E-state index >= 15 is 0 Å². The molecule has 7 aromatic rings. The van der Waals surface area contributed by atoms with E-state index in [1.807, 2.05) is 0 Å². The number of rotatable bonds is 26. The molecule has 0 N–H and O–H groups in total. The lowest BCUT2D eigenvalue weighted by molar-refractivity contribution is -0.388. The van der Waals surface area contributed by atoms with Crippen LogP contribution >= 0.6 is 0 Å². The fourth-order valence-electron chi connectivity index (χ4n) is 9.91. The second kappa shape index (κ2) is 25.1. The van der Waals surface area contributed by atoms with Crippen molar-refractivity contribution in [2.75, 3.05) is 6.61 Å². The van der Waals surface area contributed by atoms with Crippen LogP contribution < -0.4 is 14.2 Å². The summed E-state index contributed by atoms with van der Waals surface area (Å²) in [5.41, 5.74) is -7.53. The molecule has 0 aromatic heterocycles. The molecule has 2 heterocycles. The molecule has 7 aromatic carbocycles. The number of nitrogens with zero attached hydrogens (tertiary/aromatic N) is 4. The van der Waals surface area contributed by atoms with Gasteiger partial charge in [0.05, 0.1) is 49.8 Å². The molecule has 9 rings (SSSR count). The van der Waals surface area contributed by atoms with Gasteiger partial charge in [0.1, 0.15) is 28.7 Å². The van der Waals surface area contributed by atoms with Crippen LogP contribution in [-0.2, 0) is 41.2 Å². The monoisotopic (exact) mass is 1250 g/mol. The Morgan fingerprint density at radius 3 is 1.18 bits per heavy atom. The Morgan fingerprint density at radius 2 is 0.816 bits per heavy atom. The SMILES string of the molecule is CCCCCCCCCCCCCCOc1cc(Oc2ccc3c4c(cccc24)C(=O)N(OS(=O)(=O)c2ccc(C(F)(F)F)cc2[N+](=O)[O-])C3=O)cc(Oc2ccc3c4c(cccc24)C(=O)N(OS(=O)(=O)c2ccc(C(F)(F)F)cc2[N+](=O)[O-])C3=O)c1. The van der Waals surface area contributed by atoms with Crippen LogP contribution in [0.4, 0.5) is 37.7 Å². The third kappa shape index (κ3) is 13.3. The summed E-state index contributed by atoms with van der Waals surface area (Å²) < 4.78 is 163. The summed E-state index contributed by atoms with van der Waals surface area (Å²) in [5.74, 6) is -5.25. The molecule has 2 aliphatic rings. The smallest absolute Gasteiger partial charge is 0.416 e. The molecule has 0 spiro atoms. The van der Waals surface area contributed by atoms with Crippen molar-refractivity contribution in [2.24, 2.45) is 0 Å². The van der Waals surface area contributed by atoms with Crippen LogP contribution in [0.15, 0.2) is 125 Å². The van der Waals surface area contributed by atoms with Crippen LogP contribution in [-0.4, -0.2) is 67.0 Å². The molecular formula is C58H48F6N4O17S2. The first kappa shape index (κ1) is 62.5. The van der Waals surface area contributed by atoms with Gasteiger partial charge in [0, 0.05) is 51.9 Å². The van der Waals surface area contributed by atoms with E-state index in [2.05, 4.69) is 6.92 Å². The highest BCUT2D eigenvalue weighted by Crippen LogP contribution is 2.44. The fraction of sp³-hybridized carbons (Fsp3) is 0.276. The maximum atomic E-state index is 14.0. The van der Waals surface area contributed by atoms with Crippen molar-refractivity contribution < 1.29 is 95.0 Å². The van der Waals surface area contributed by atoms with Gasteiger partial charge >= 0.3 is 32.6 Å². The summed E-state index contributed by atoms with van der Waals surface area (Å²) in [5, 5.41) is 23.3. The van der Waals surface area contributed by atoms with Crippen LogP contribution in [0.3, 0.4) is 0 Å². The molecule has 0 fully saturated rings. The van der Waals surface area contributed by atoms with Gasteiger partial charge in [-0.2, -0.15) is 43.2 Å². The van der Waals surface area contributed by atoms with Crippen molar-refractivity contribution >= 4 is 76.8 Å². The molecule has 0 unspecified atom stereocenters. The van der Waals surface area contributed by atoms with Gasteiger partial charge in [0.2, 0.25) is 0 Å². The summed E-state index contributed by atoms with van der Waals surface area (Å²) in [6, 6.07) is 18.2. The minimum atomic E-state index is -5.55. The lowest BCUT2D eigenvalue weighted by atomic mass is 9.94. The van der Waals surface area contributed by atoms with Crippen molar-refractivity contribution in [3.05, 3.63) is 169 Å². The van der Waals surface area contributed by atoms with Crippen LogP contribution in [0.5, 0.6) is 28.7 Å². The Balaban J connectivity index is 0.988. The molecule has 29 heteroatoms. The van der Waals surface area contributed by atoms with E-state index in [0.29, 0.717) is 6.42 Å². The first-order valence-corrected chi connectivity index (χ1v) is 29.6. The Morgan fingerprint density at radius 1 is 0.460 bits per heavy atom. The molecule has 0 radical (unpaired) electrons. The van der Waals surface area contributed by atoms with E-state index in [9.17, 15) is 82.6 Å². The second-order valence-electron chi connectivity index (χ2n) is 20.0. The lowest BCUT2D eigenvalue weighted by Gasteiger charge is -2.26. The van der Waals surface area contributed by atoms with E-state index in [0.717, 1.165) is 44.2 Å². The number of hydrogen-bond donors (Lipinski definition) is 0. The zero-order chi connectivity index (χ0) is 62.8. The number of hydrogen-bond acceptors (Lipinski definition) is 17. The molecule has 0 saturated carbocycles. The summed E-state index contributed by atoms with van der Waals surface area (Å²) in [7, 11) is -11.1. The number of carbonyl (C=O) groups is 4. The average molecular weight is 1250 g/mol. The topological polar surface area (TPSA) is 275 Å². The maximum absolute atomic E-state index is 14.0. The zero-order valence-electron chi connectivity index (χ0n) is 45.5. The second-order valence-corrected chi connectivity index (χ2v) is 23.0. The van der Waals surface area contributed by atoms with Gasteiger partial charge in [-0.1, -0.05) is 102 Å². The maximum Gasteiger partial charge on any atom is 0.416 e. The Labute approximate surface area is 490 Å². The normalized spacial score (nSPS) is 13.6. The Hall–Kier alpha value is -9.06. The minimum absolute atomic E-state index is 0.00273. The number of ether oxygens (including phenoxy) is 3. The number of unbranched alkanes of at least 4 members (excludes halogenated alkanes) is 11. The van der Waals surface area contributed by atoms with Crippen molar-refractivity contribution in [3.8, 4) is 28.7 Å². The van der Waals surface area contributed by atoms with Gasteiger partial charge < -0.3 is 14.2 Å². The molecular weight excluding hydrogens is 1200 g/mol. The lowest BCUT2D eigenvalue weighted by Crippen LogP contribution is -2.41. The summed E-state index contributed by atoms with van der Waals surface area (Å²) >= 11 is 0. The number of alkyl halides is 6. The van der Waals surface area contributed by atoms with Gasteiger partial charge in [-0.25, -0.2) is 0 Å². The summed E-state index contributed by atoms with van der Waals surface area (Å²) in [4.78, 5) is 73.8. The minimum Gasteiger partial charge on any atom is -0.493 e. The first-order valence-electron chi connectivity index (χ1n) is 26.8. The molecule has 21 nitrogen and oxygen atoms in total. The predicted octanol–water partition coefficient (Wildman–Crippen LogP) is 14.3. The number of hydroxylamine groups is 4. The van der Waals surface area contributed by atoms with E-state index in [1.165, 1.54) is 105 Å². The number of benzene rings is 7. The number of amides is 4. The van der Waals surface area contributed by atoms with Crippen LogP contribution in [0, 0.1) is 20.2 Å². The van der Waals surface area contributed by atoms with Gasteiger partial charge in [0.25, 0.3) is 35.0 Å². The van der Waals surface area contributed by atoms with Crippen molar-refractivity contribution in [3.63, 3.8) is 0 Å². The first-order chi connectivity index (χ1) is 41.2. The quantitative estimate of drug-likeness (QED) is 0.0160. The molecule has 4 amide bonds. The van der Waals surface area contributed by atoms with Crippen molar-refractivity contribution in [1.29, 1.82) is 0 Å². The van der Waals surface area contributed by atoms with Gasteiger partial charge in [0.15, 0.2) is 9.79 Å². The standard InChI is InChI=1S/C58H48F6N4O17S2/c1-2-3-4-5-6-7-8-9-10-11-12-13-28-81-36-31-37(82-47-24-22-43-51-39(47)16-14-18-41(51)53(69)65(55(43)71)84-86(77,78)49-26-20-34(57(59,60)61)29-45(49)67(73)74)33-38(32-36)83-48-25-23-44-52-40(48)17-15-19-42(52)54(70)66(56(44)72)85-87(79,80)50-27-21-35(58(62,63)64)30-46(50)68(75)76/h14-27,29-33H,2-13,28H2,1H3. The van der Waals surface area contributed by atoms with Crippen LogP contribution in [0.2, 0.25) is 0 Å². The Kier molecular flexibility index (Phi) is 18.0. The van der Waals surface area contributed by atoms with Crippen molar-refractivity contribution in [2.45, 2.75) is 106 Å². The highest BCUT2D eigenvalue weighted by molar-refractivity contribution is 7.87. The van der Waals surface area contributed by atoms with E-state index < -0.39 is 98.4 Å². The van der Waals surface area contributed by atoms with Crippen LogP contribution in [0.1, 0.15) is 137 Å². The number of nitro benzene ring substituents is 2. The third-order valence-corrected chi connectivity index (χ3v) is 16.5. The van der Waals surface area contributed by atoms with Gasteiger partial charge in [-0.15, -0.1) is 18.7 Å². The predicted molar refractivity (Wildman–Crippen MR) is 295 cm³/mol. The number of carbonyl (C=O) groups excluding carboxylic acids is 4. The molecule has 0 aliphatic carbocycles. The molecule has 2 aliphatic heterocycles. The molecule has 0 atom stereocenters. The Bertz CT molecular complexity index is 3890. The average Bonchev–Trinajstić information content (AvgIpc) is 0.764. The molecule has 456 valence electrons. The molecule has 0 saturated heterocycles. The number of halogens is 6. The van der Waals surface area contributed by atoms with Crippen LogP contribution in [0.25, 0.3) is 21.5 Å². The van der Waals surface area contributed by atoms with Gasteiger partial charge in [-0.3, -0.25) is 39.4 Å². The molecule has 0 bridgehead atoms. The van der Waals surface area contributed by atoms with Crippen molar-refractivity contribution in [1.82, 2.24) is 10.1 Å². The van der Waals surface area contributed by atoms with E-state index in [-0.39, 0.29) is 126 Å². The number of nitro groups is 2. The number of imide groups is 2. The third-order valence-electron chi connectivity index (χ3n) is 14.1. The summed E-state index contributed by atoms with van der Waals surface area (Å²) in [6.07, 6.45) is 2.83. The van der Waals surface area contributed by atoms with Gasteiger partial charge in [-0.05, 0) is 67.1 Å². The highest BCUT2D eigenvalue weighted by atomic mass is 32.2. The molecule has 87 heavy (non-hydrogen) atoms. The largest absolute Gasteiger partial charge is 0.493 e.